The molecule has 1 saturated heterocycles. The van der Waals surface area contributed by atoms with E-state index in [1.807, 2.05) is 23.8 Å². The Morgan fingerprint density at radius 2 is 2.25 bits per heavy atom. The van der Waals surface area contributed by atoms with Gasteiger partial charge in [0.05, 0.1) is 6.20 Å². The summed E-state index contributed by atoms with van der Waals surface area (Å²) >= 11 is 0. The second-order valence-electron chi connectivity index (χ2n) is 5.66. The molecule has 2 N–H and O–H groups in total. The highest BCUT2D eigenvalue weighted by Crippen LogP contribution is 2.23. The summed E-state index contributed by atoms with van der Waals surface area (Å²) in [5.41, 5.74) is 0.884. The van der Waals surface area contributed by atoms with Gasteiger partial charge in [-0.3, -0.25) is 0 Å². The van der Waals surface area contributed by atoms with Gasteiger partial charge >= 0.3 is 0 Å². The van der Waals surface area contributed by atoms with Crippen LogP contribution in [0.4, 0.5) is 11.6 Å². The van der Waals surface area contributed by atoms with E-state index in [4.69, 9.17) is 0 Å². The van der Waals surface area contributed by atoms with Crippen molar-refractivity contribution in [3.8, 4) is 0 Å². The first-order valence-electron chi connectivity index (χ1n) is 7.14. The van der Waals surface area contributed by atoms with Gasteiger partial charge in [0.25, 0.3) is 0 Å². The number of piperidine rings is 1. The summed E-state index contributed by atoms with van der Waals surface area (Å²) < 4.78 is 2.00. The van der Waals surface area contributed by atoms with Crippen LogP contribution in [0, 0.1) is 5.92 Å². The monoisotopic (exact) mass is 274 g/mol. The molecule has 2 aromatic heterocycles. The molecule has 0 radical (unpaired) electrons. The Bertz CT molecular complexity index is 592. The molecule has 2 unspecified atom stereocenters. The zero-order valence-electron chi connectivity index (χ0n) is 12.3. The molecular formula is C14H22N6. The van der Waals surface area contributed by atoms with E-state index in [9.17, 15) is 0 Å². The fourth-order valence-corrected chi connectivity index (χ4v) is 2.89. The van der Waals surface area contributed by atoms with Crippen LogP contribution in [0.2, 0.25) is 0 Å². The average molecular weight is 274 g/mol. The summed E-state index contributed by atoms with van der Waals surface area (Å²) in [6, 6.07) is 0.450. The number of nitrogens with one attached hydrogen (secondary N) is 2. The number of likely N-dealkylation sites (tertiary alicyclic amines) is 1. The van der Waals surface area contributed by atoms with Crippen molar-refractivity contribution in [3.63, 3.8) is 0 Å². The van der Waals surface area contributed by atoms with Gasteiger partial charge in [0.15, 0.2) is 11.5 Å². The summed E-state index contributed by atoms with van der Waals surface area (Å²) in [5.74, 6) is 2.31. The van der Waals surface area contributed by atoms with Crippen LogP contribution in [-0.2, 0) is 0 Å². The third-order valence-corrected chi connectivity index (χ3v) is 4.06. The van der Waals surface area contributed by atoms with Crippen molar-refractivity contribution in [2.75, 3.05) is 37.8 Å². The summed E-state index contributed by atoms with van der Waals surface area (Å²) in [7, 11) is 4.06. The standard InChI is InChI=1S/C14H22N6/c1-10-8-19(3)6-4-11(10)17-13-14-16-5-7-20(14)9-12(15-2)18-13/h5,7,9-11,15H,4,6,8H2,1-3H3,(H,17,18). The number of imidazole rings is 1. The largest absolute Gasteiger partial charge is 0.372 e. The maximum absolute atomic E-state index is 4.62. The number of hydrogen-bond donors (Lipinski definition) is 2. The number of anilines is 2. The van der Waals surface area contributed by atoms with Crippen LogP contribution < -0.4 is 10.6 Å². The molecule has 0 saturated carbocycles. The van der Waals surface area contributed by atoms with Crippen molar-refractivity contribution < 1.29 is 0 Å². The molecular weight excluding hydrogens is 252 g/mol. The molecule has 1 aliphatic rings. The van der Waals surface area contributed by atoms with E-state index in [2.05, 4.69) is 39.5 Å². The van der Waals surface area contributed by atoms with Gasteiger partial charge in [-0.05, 0) is 25.9 Å². The molecule has 3 heterocycles. The van der Waals surface area contributed by atoms with E-state index in [-0.39, 0.29) is 0 Å². The van der Waals surface area contributed by atoms with Gasteiger partial charge < -0.3 is 19.9 Å². The lowest BCUT2D eigenvalue weighted by Crippen LogP contribution is -2.43. The molecule has 6 heteroatoms. The van der Waals surface area contributed by atoms with E-state index < -0.39 is 0 Å². The van der Waals surface area contributed by atoms with Gasteiger partial charge in [-0.15, -0.1) is 0 Å². The molecule has 108 valence electrons. The summed E-state index contributed by atoms with van der Waals surface area (Å²) in [6.45, 7) is 4.53. The average Bonchev–Trinajstić information content (AvgIpc) is 2.90. The molecule has 0 aliphatic carbocycles. The maximum atomic E-state index is 4.62. The van der Waals surface area contributed by atoms with Crippen molar-refractivity contribution in [1.29, 1.82) is 0 Å². The third kappa shape index (κ3) is 2.43. The minimum atomic E-state index is 0.450. The lowest BCUT2D eigenvalue weighted by atomic mass is 9.94. The van der Waals surface area contributed by atoms with Crippen LogP contribution in [0.15, 0.2) is 18.6 Å². The van der Waals surface area contributed by atoms with Gasteiger partial charge in [0, 0.05) is 32.0 Å². The van der Waals surface area contributed by atoms with E-state index in [0.717, 1.165) is 36.8 Å². The van der Waals surface area contributed by atoms with Gasteiger partial charge in [0.2, 0.25) is 0 Å². The van der Waals surface area contributed by atoms with Crippen LogP contribution in [0.25, 0.3) is 5.65 Å². The molecule has 3 rings (SSSR count). The molecule has 1 aliphatic heterocycles. The minimum Gasteiger partial charge on any atom is -0.372 e. The summed E-state index contributed by atoms with van der Waals surface area (Å²) in [6.07, 6.45) is 6.84. The summed E-state index contributed by atoms with van der Waals surface area (Å²) in [5, 5.41) is 6.69. The fraction of sp³-hybridized carbons (Fsp3) is 0.571. The maximum Gasteiger partial charge on any atom is 0.180 e. The predicted molar refractivity (Wildman–Crippen MR) is 81.2 cm³/mol. The first-order chi connectivity index (χ1) is 9.67. The van der Waals surface area contributed by atoms with Crippen LogP contribution in [0.5, 0.6) is 0 Å². The summed E-state index contributed by atoms with van der Waals surface area (Å²) in [4.78, 5) is 11.4. The molecule has 6 nitrogen and oxygen atoms in total. The number of nitrogens with zero attached hydrogens (tertiary/aromatic N) is 4. The zero-order valence-corrected chi connectivity index (χ0v) is 12.3. The second-order valence-corrected chi connectivity index (χ2v) is 5.66. The van der Waals surface area contributed by atoms with E-state index >= 15 is 0 Å². The highest BCUT2D eigenvalue weighted by atomic mass is 15.2. The van der Waals surface area contributed by atoms with Crippen molar-refractivity contribution in [2.45, 2.75) is 19.4 Å². The molecule has 1 fully saturated rings. The first kappa shape index (κ1) is 13.2. The highest BCUT2D eigenvalue weighted by molar-refractivity contribution is 5.65. The number of fused-ring (bicyclic) bond motifs is 1. The van der Waals surface area contributed by atoms with Crippen molar-refractivity contribution in [2.24, 2.45) is 5.92 Å². The van der Waals surface area contributed by atoms with E-state index in [1.165, 1.54) is 0 Å². The zero-order chi connectivity index (χ0) is 14.1. The third-order valence-electron chi connectivity index (χ3n) is 4.06. The fourth-order valence-electron chi connectivity index (χ4n) is 2.89. The van der Waals surface area contributed by atoms with E-state index in [0.29, 0.717) is 12.0 Å². The Balaban J connectivity index is 1.88. The SMILES string of the molecule is CNc1cn2ccnc2c(NC2CCN(C)CC2C)n1. The topological polar surface area (TPSA) is 57.5 Å². The minimum absolute atomic E-state index is 0.450. The molecule has 20 heavy (non-hydrogen) atoms. The highest BCUT2D eigenvalue weighted by Gasteiger charge is 2.25. The molecule has 2 aromatic rings. The molecule has 0 bridgehead atoms. The van der Waals surface area contributed by atoms with Crippen LogP contribution in [-0.4, -0.2) is 52.5 Å². The lowest BCUT2D eigenvalue weighted by molar-refractivity contribution is 0.206. The van der Waals surface area contributed by atoms with E-state index in [1.54, 1.807) is 6.20 Å². The quantitative estimate of drug-likeness (QED) is 0.889. The Labute approximate surface area is 119 Å². The van der Waals surface area contributed by atoms with Crippen molar-refractivity contribution in [3.05, 3.63) is 18.6 Å². The van der Waals surface area contributed by atoms with Gasteiger partial charge in [-0.2, -0.15) is 0 Å². The van der Waals surface area contributed by atoms with Crippen LogP contribution in [0.3, 0.4) is 0 Å². The Kier molecular flexibility index (Phi) is 3.48. The lowest BCUT2D eigenvalue weighted by Gasteiger charge is -2.35. The van der Waals surface area contributed by atoms with Gasteiger partial charge in [-0.25, -0.2) is 9.97 Å². The Morgan fingerprint density at radius 1 is 1.40 bits per heavy atom. The molecule has 0 spiro atoms. The normalized spacial score (nSPS) is 23.9. The van der Waals surface area contributed by atoms with Crippen LogP contribution in [0.1, 0.15) is 13.3 Å². The number of hydrogen-bond acceptors (Lipinski definition) is 5. The van der Waals surface area contributed by atoms with Gasteiger partial charge in [0.1, 0.15) is 5.82 Å². The Hall–Kier alpha value is -1.82. The smallest absolute Gasteiger partial charge is 0.180 e. The van der Waals surface area contributed by atoms with Crippen molar-refractivity contribution >= 4 is 17.3 Å². The number of rotatable bonds is 3. The Morgan fingerprint density at radius 3 is 3.00 bits per heavy atom. The second kappa shape index (κ2) is 5.28. The number of aromatic nitrogens is 3. The van der Waals surface area contributed by atoms with Crippen molar-refractivity contribution in [1.82, 2.24) is 19.3 Å². The molecule has 0 amide bonds. The van der Waals surface area contributed by atoms with Gasteiger partial charge in [-0.1, -0.05) is 6.92 Å². The predicted octanol–water partition coefficient (Wildman–Crippen LogP) is 1.52. The molecule has 2 atom stereocenters. The first-order valence-corrected chi connectivity index (χ1v) is 7.14. The molecule has 0 aromatic carbocycles. The van der Waals surface area contributed by atoms with Crippen LogP contribution >= 0.6 is 0 Å².